The van der Waals surface area contributed by atoms with Gasteiger partial charge in [0.05, 0.1) is 13.2 Å². The highest BCUT2D eigenvalue weighted by atomic mass is 16.5. The lowest BCUT2D eigenvalue weighted by atomic mass is 10.1. The van der Waals surface area contributed by atoms with Crippen LogP contribution in [0.15, 0.2) is 42.5 Å². The standard InChI is InChI=1S/C17H21NO3/c1-3-20-17(19)15(18-2)11-12-21-16-10-6-8-13-7-4-5-9-14(13)16/h4-10,15,18H,3,11-12H2,1-2H3. The number of fused-ring (bicyclic) bond motifs is 1. The van der Waals surface area contributed by atoms with E-state index in [4.69, 9.17) is 9.47 Å². The normalized spacial score (nSPS) is 12.1. The van der Waals surface area contributed by atoms with Gasteiger partial charge < -0.3 is 14.8 Å². The summed E-state index contributed by atoms with van der Waals surface area (Å²) < 4.78 is 10.8. The topological polar surface area (TPSA) is 47.6 Å². The molecule has 0 saturated carbocycles. The second-order valence-electron chi connectivity index (χ2n) is 4.71. The molecule has 0 aliphatic heterocycles. The summed E-state index contributed by atoms with van der Waals surface area (Å²) in [6.45, 7) is 2.65. The van der Waals surface area contributed by atoms with E-state index in [0.29, 0.717) is 19.6 Å². The third-order valence-corrected chi connectivity index (χ3v) is 3.33. The fraction of sp³-hybridized carbons (Fsp3) is 0.353. The molecule has 0 saturated heterocycles. The first kappa shape index (κ1) is 15.3. The Morgan fingerprint density at radius 2 is 1.95 bits per heavy atom. The number of ether oxygens (including phenoxy) is 2. The van der Waals surface area contributed by atoms with Gasteiger partial charge in [-0.3, -0.25) is 4.79 Å². The lowest BCUT2D eigenvalue weighted by molar-refractivity contribution is -0.145. The maximum Gasteiger partial charge on any atom is 0.323 e. The number of esters is 1. The zero-order valence-electron chi connectivity index (χ0n) is 12.5. The van der Waals surface area contributed by atoms with Crippen LogP contribution < -0.4 is 10.1 Å². The summed E-state index contributed by atoms with van der Waals surface area (Å²) in [4.78, 5) is 11.7. The molecule has 112 valence electrons. The molecular weight excluding hydrogens is 266 g/mol. The van der Waals surface area contributed by atoms with Gasteiger partial charge in [-0.2, -0.15) is 0 Å². The second-order valence-corrected chi connectivity index (χ2v) is 4.71. The van der Waals surface area contributed by atoms with E-state index in [0.717, 1.165) is 16.5 Å². The van der Waals surface area contributed by atoms with E-state index in [1.54, 1.807) is 14.0 Å². The first-order chi connectivity index (χ1) is 10.3. The van der Waals surface area contributed by atoms with Gasteiger partial charge in [0.1, 0.15) is 11.8 Å². The van der Waals surface area contributed by atoms with Crippen molar-refractivity contribution in [2.45, 2.75) is 19.4 Å². The van der Waals surface area contributed by atoms with Crippen molar-refractivity contribution in [1.29, 1.82) is 0 Å². The zero-order valence-corrected chi connectivity index (χ0v) is 12.5. The molecule has 4 nitrogen and oxygen atoms in total. The third-order valence-electron chi connectivity index (χ3n) is 3.33. The first-order valence-electron chi connectivity index (χ1n) is 7.20. The van der Waals surface area contributed by atoms with Crippen LogP contribution in [0, 0.1) is 0 Å². The molecule has 0 aliphatic carbocycles. The van der Waals surface area contributed by atoms with Crippen molar-refractivity contribution >= 4 is 16.7 Å². The summed E-state index contributed by atoms with van der Waals surface area (Å²) in [5, 5.41) is 5.18. The zero-order chi connectivity index (χ0) is 15.1. The van der Waals surface area contributed by atoms with E-state index in [2.05, 4.69) is 17.4 Å². The molecule has 2 rings (SSSR count). The number of nitrogens with one attached hydrogen (secondary N) is 1. The Bertz CT molecular complexity index is 592. The summed E-state index contributed by atoms with van der Waals surface area (Å²) in [7, 11) is 1.75. The molecule has 2 aromatic carbocycles. The minimum atomic E-state index is -0.333. The van der Waals surface area contributed by atoms with E-state index < -0.39 is 0 Å². The van der Waals surface area contributed by atoms with Gasteiger partial charge in [0.15, 0.2) is 0 Å². The SMILES string of the molecule is CCOC(=O)C(CCOc1cccc2ccccc12)NC. The van der Waals surface area contributed by atoms with Crippen molar-refractivity contribution in [3.63, 3.8) is 0 Å². The van der Waals surface area contributed by atoms with Crippen LogP contribution in [0.3, 0.4) is 0 Å². The summed E-state index contributed by atoms with van der Waals surface area (Å²) in [6, 6.07) is 13.7. The number of carbonyl (C=O) groups is 1. The van der Waals surface area contributed by atoms with Crippen LogP contribution in [0.5, 0.6) is 5.75 Å². The molecule has 0 amide bonds. The van der Waals surface area contributed by atoms with Crippen LogP contribution >= 0.6 is 0 Å². The van der Waals surface area contributed by atoms with Crippen LogP contribution in [-0.4, -0.2) is 32.3 Å². The third kappa shape index (κ3) is 3.95. The van der Waals surface area contributed by atoms with Gasteiger partial charge in [-0.25, -0.2) is 0 Å². The minimum Gasteiger partial charge on any atom is -0.493 e. The Hall–Kier alpha value is -2.07. The monoisotopic (exact) mass is 287 g/mol. The second kappa shape index (κ2) is 7.64. The highest BCUT2D eigenvalue weighted by Gasteiger charge is 2.17. The maximum absolute atomic E-state index is 11.7. The Balaban J connectivity index is 1.97. The summed E-state index contributed by atoms with van der Waals surface area (Å²) in [5.74, 6) is 0.605. The van der Waals surface area contributed by atoms with Gasteiger partial charge in [0, 0.05) is 11.8 Å². The van der Waals surface area contributed by atoms with Crippen molar-refractivity contribution in [2.24, 2.45) is 0 Å². The molecule has 0 heterocycles. The highest BCUT2D eigenvalue weighted by molar-refractivity contribution is 5.88. The van der Waals surface area contributed by atoms with Crippen molar-refractivity contribution in [3.8, 4) is 5.75 Å². The number of rotatable bonds is 7. The van der Waals surface area contributed by atoms with E-state index in [-0.39, 0.29) is 12.0 Å². The van der Waals surface area contributed by atoms with Crippen LogP contribution in [-0.2, 0) is 9.53 Å². The van der Waals surface area contributed by atoms with Gasteiger partial charge in [-0.1, -0.05) is 36.4 Å². The molecule has 1 N–H and O–H groups in total. The smallest absolute Gasteiger partial charge is 0.323 e. The largest absolute Gasteiger partial charge is 0.493 e. The van der Waals surface area contributed by atoms with Crippen LogP contribution in [0.25, 0.3) is 10.8 Å². The molecule has 0 radical (unpaired) electrons. The average Bonchev–Trinajstić information content (AvgIpc) is 2.52. The van der Waals surface area contributed by atoms with Gasteiger partial charge >= 0.3 is 5.97 Å². The van der Waals surface area contributed by atoms with Gasteiger partial charge in [-0.05, 0) is 25.4 Å². The van der Waals surface area contributed by atoms with Crippen molar-refractivity contribution in [3.05, 3.63) is 42.5 Å². The maximum atomic E-state index is 11.7. The average molecular weight is 287 g/mol. The highest BCUT2D eigenvalue weighted by Crippen LogP contribution is 2.25. The Labute approximate surface area is 125 Å². The lowest BCUT2D eigenvalue weighted by Gasteiger charge is -2.15. The molecule has 0 spiro atoms. The summed E-state index contributed by atoms with van der Waals surface area (Å²) in [5.41, 5.74) is 0. The lowest BCUT2D eigenvalue weighted by Crippen LogP contribution is -2.36. The molecule has 1 atom stereocenters. The number of hydrogen-bond donors (Lipinski definition) is 1. The van der Waals surface area contributed by atoms with Crippen molar-refractivity contribution in [1.82, 2.24) is 5.32 Å². The van der Waals surface area contributed by atoms with E-state index in [9.17, 15) is 4.79 Å². The number of hydrogen-bond acceptors (Lipinski definition) is 4. The molecule has 1 unspecified atom stereocenters. The Morgan fingerprint density at radius 3 is 2.71 bits per heavy atom. The number of likely N-dealkylation sites (N-methyl/N-ethyl adjacent to an activating group) is 1. The molecule has 2 aromatic rings. The molecule has 0 aliphatic rings. The number of carbonyl (C=O) groups excluding carboxylic acids is 1. The van der Waals surface area contributed by atoms with Crippen molar-refractivity contribution in [2.75, 3.05) is 20.3 Å². The predicted octanol–water partition coefficient (Wildman–Crippen LogP) is 2.76. The van der Waals surface area contributed by atoms with Crippen LogP contribution in [0.4, 0.5) is 0 Å². The van der Waals surface area contributed by atoms with E-state index in [1.165, 1.54) is 0 Å². The van der Waals surface area contributed by atoms with Gasteiger partial charge in [0.25, 0.3) is 0 Å². The van der Waals surface area contributed by atoms with E-state index >= 15 is 0 Å². The Kier molecular flexibility index (Phi) is 5.58. The van der Waals surface area contributed by atoms with Crippen molar-refractivity contribution < 1.29 is 14.3 Å². The molecule has 21 heavy (non-hydrogen) atoms. The summed E-state index contributed by atoms with van der Waals surface area (Å²) >= 11 is 0. The predicted molar refractivity (Wildman–Crippen MR) is 83.5 cm³/mol. The molecule has 0 aromatic heterocycles. The van der Waals surface area contributed by atoms with Crippen LogP contribution in [0.2, 0.25) is 0 Å². The molecule has 0 fully saturated rings. The quantitative estimate of drug-likeness (QED) is 0.795. The number of benzene rings is 2. The fourth-order valence-electron chi connectivity index (χ4n) is 2.23. The van der Waals surface area contributed by atoms with Gasteiger partial charge in [-0.15, -0.1) is 0 Å². The van der Waals surface area contributed by atoms with Gasteiger partial charge in [0.2, 0.25) is 0 Å². The van der Waals surface area contributed by atoms with E-state index in [1.807, 2.05) is 30.3 Å². The minimum absolute atomic E-state index is 0.235. The molecule has 4 heteroatoms. The molecular formula is C17H21NO3. The first-order valence-corrected chi connectivity index (χ1v) is 7.20. The Morgan fingerprint density at radius 1 is 1.19 bits per heavy atom. The molecule has 0 bridgehead atoms. The summed E-state index contributed by atoms with van der Waals surface area (Å²) in [6.07, 6.45) is 0.568. The van der Waals surface area contributed by atoms with Crippen LogP contribution in [0.1, 0.15) is 13.3 Å². The fourth-order valence-corrected chi connectivity index (χ4v) is 2.23.